The maximum atomic E-state index is 8.24. The quantitative estimate of drug-likeness (QED) is 0.140. The minimum atomic E-state index is 0. The van der Waals surface area contributed by atoms with Gasteiger partial charge in [-0.2, -0.15) is 0 Å². The Labute approximate surface area is 73.9 Å². The van der Waals surface area contributed by atoms with Gasteiger partial charge in [0.1, 0.15) is 0 Å². The molecule has 0 saturated heterocycles. The normalized spacial score (nSPS) is 1.60. The van der Waals surface area contributed by atoms with Crippen molar-refractivity contribution in [2.24, 2.45) is 0 Å². The first kappa shape index (κ1) is 16.6. The average molecular weight is 96.1 g/mol. The molecule has 0 aromatic rings. The maximum Gasteiger partial charge on any atom is 1.00 e. The molecule has 3 heteroatoms. The van der Waals surface area contributed by atoms with Gasteiger partial charge in [-0.1, -0.05) is 0 Å². The molecule has 0 heterocycles. The summed E-state index contributed by atoms with van der Waals surface area (Å²) < 4.78 is 0. The number of carbonyl (C=O) groups excluding carboxylic acids is 1. The summed E-state index contributed by atoms with van der Waals surface area (Å²) in [5.74, 6) is 0. The maximum absolute atomic E-state index is 8.24. The van der Waals surface area contributed by atoms with Crippen molar-refractivity contribution in [2.75, 3.05) is 0 Å². The third-order valence-electron chi connectivity index (χ3n) is 0. The van der Waals surface area contributed by atoms with Crippen molar-refractivity contribution in [3.63, 3.8) is 0 Å². The van der Waals surface area contributed by atoms with Gasteiger partial charge in [-0.15, -0.1) is 0 Å². The average Bonchev–Trinajstić information content (AvgIpc) is 0.918. The Morgan fingerprint density at radius 3 is 1.60 bits per heavy atom. The van der Waals surface area contributed by atoms with Gasteiger partial charge in [0.15, 0.2) is 0 Å². The van der Waals surface area contributed by atoms with E-state index in [2.05, 4.69) is 0 Å². The van der Waals surface area contributed by atoms with E-state index >= 15 is 0 Å². The Bertz CT molecular complexity index is 30.6. The first-order valence-electron chi connectivity index (χ1n) is 0.428. The summed E-state index contributed by atoms with van der Waals surface area (Å²) in [5, 5.41) is 6.76. The molecule has 0 aromatic carbocycles. The van der Waals surface area contributed by atoms with Crippen LogP contribution in [0.3, 0.4) is 0 Å². The van der Waals surface area contributed by atoms with E-state index in [9.17, 15) is 0 Å². The summed E-state index contributed by atoms with van der Waals surface area (Å²) in [7, 11) is 0. The number of hydrogen-bond acceptors (Lipinski definition) is 1. The van der Waals surface area contributed by atoms with Crippen LogP contribution < -0.4 is 51.4 Å². The summed E-state index contributed by atoms with van der Waals surface area (Å²) in [6.07, 6.45) is 0.500. The van der Waals surface area contributed by atoms with Gasteiger partial charge in [-0.25, -0.2) is 0 Å². The van der Waals surface area contributed by atoms with E-state index in [4.69, 9.17) is 10.2 Å². The van der Waals surface area contributed by atoms with Gasteiger partial charge in [-0.05, 0) is 6.08 Å². The molecule has 0 spiro atoms. The Morgan fingerprint density at radius 2 is 1.60 bits per heavy atom. The minimum absolute atomic E-state index is 0. The fourth-order valence-electron chi connectivity index (χ4n) is 0. The van der Waals surface area contributed by atoms with Crippen LogP contribution in [-0.2, 0) is 4.79 Å². The Hall–Kier alpha value is 1.02. The van der Waals surface area contributed by atoms with Crippen molar-refractivity contribution >= 4 is 6.08 Å². The molecule has 0 aliphatic rings. The molecule has 0 aliphatic heterocycles. The zero-order valence-corrected chi connectivity index (χ0v) is 6.48. The first-order chi connectivity index (χ1) is 1.41. The monoisotopic (exact) mass is 96.0 g/mol. The van der Waals surface area contributed by atoms with Crippen molar-refractivity contribution in [1.29, 1.82) is 0 Å². The molecule has 0 unspecified atom stereocenters. The molecule has 0 atom stereocenters. The van der Waals surface area contributed by atoms with E-state index in [1.54, 1.807) is 0 Å². The van der Waals surface area contributed by atoms with Crippen molar-refractivity contribution in [3.8, 4) is 0 Å². The number of nitrogens with zero attached hydrogens (tertiary/aromatic N) is 1. The largest absolute Gasteiger partial charge is 1.00 e. The van der Waals surface area contributed by atoms with Gasteiger partial charge >= 0.3 is 51.4 Å². The SMILES string of the molecule is [CH3-].[K+].[N-]=C=O. The Morgan fingerprint density at radius 1 is 1.60 bits per heavy atom. The molecule has 0 bridgehead atoms. The van der Waals surface area contributed by atoms with Gasteiger partial charge in [-0.3, -0.25) is 4.79 Å². The molecule has 0 aliphatic carbocycles. The molecule has 0 amide bonds. The van der Waals surface area contributed by atoms with Crippen molar-refractivity contribution in [3.05, 3.63) is 12.8 Å². The van der Waals surface area contributed by atoms with Crippen LogP contribution in [0.1, 0.15) is 0 Å². The Balaban J connectivity index is -0.0000000200. The van der Waals surface area contributed by atoms with Gasteiger partial charge in [0.05, 0.1) is 0 Å². The van der Waals surface area contributed by atoms with Crippen LogP contribution in [0.4, 0.5) is 0 Å². The fourth-order valence-corrected chi connectivity index (χ4v) is 0. The van der Waals surface area contributed by atoms with Crippen molar-refractivity contribution in [1.82, 2.24) is 0 Å². The predicted molar refractivity (Wildman–Crippen MR) is 15.5 cm³/mol. The van der Waals surface area contributed by atoms with Gasteiger partial charge in [0.25, 0.3) is 0 Å². The standard InChI is InChI=1S/CNO.CH3.K/c2-1-3;;/h;1H3;/q2*-1;+1. The second-order valence-corrected chi connectivity index (χ2v) is 0.0913. The summed E-state index contributed by atoms with van der Waals surface area (Å²) in [6, 6.07) is 0. The van der Waals surface area contributed by atoms with E-state index in [1.807, 2.05) is 0 Å². The number of hydrogen-bond donors (Lipinski definition) is 0. The van der Waals surface area contributed by atoms with E-state index in [0.717, 1.165) is 0 Å². The smallest absolute Gasteiger partial charge is 0.724 e. The summed E-state index contributed by atoms with van der Waals surface area (Å²) in [6.45, 7) is 0. The van der Waals surface area contributed by atoms with Gasteiger partial charge < -0.3 is 12.8 Å². The molecular formula is C2H3KNO-. The molecule has 2 nitrogen and oxygen atoms in total. The van der Waals surface area contributed by atoms with Gasteiger partial charge in [0, 0.05) is 0 Å². The molecule has 5 heavy (non-hydrogen) atoms. The third-order valence-corrected chi connectivity index (χ3v) is 0. The summed E-state index contributed by atoms with van der Waals surface area (Å²) in [5.41, 5.74) is 0. The second kappa shape index (κ2) is 19.9. The van der Waals surface area contributed by atoms with Crippen molar-refractivity contribution < 1.29 is 56.2 Å². The Kier molecular flexibility index (Phi) is 66.2. The summed E-state index contributed by atoms with van der Waals surface area (Å²) in [4.78, 5) is 8.24. The molecule has 24 valence electrons. The van der Waals surface area contributed by atoms with E-state index in [1.165, 1.54) is 0 Å². The molecule has 0 fully saturated rings. The van der Waals surface area contributed by atoms with Crippen LogP contribution >= 0.6 is 0 Å². The minimum Gasteiger partial charge on any atom is -0.724 e. The van der Waals surface area contributed by atoms with E-state index in [-0.39, 0.29) is 58.8 Å². The third kappa shape index (κ3) is 44.2. The van der Waals surface area contributed by atoms with Crippen LogP contribution in [0, 0.1) is 7.43 Å². The van der Waals surface area contributed by atoms with Gasteiger partial charge in [0.2, 0.25) is 0 Å². The zero-order chi connectivity index (χ0) is 2.71. The van der Waals surface area contributed by atoms with Crippen LogP contribution in [0.25, 0.3) is 5.41 Å². The predicted octanol–water partition coefficient (Wildman–Crippen LogP) is -2.65. The van der Waals surface area contributed by atoms with Crippen LogP contribution in [0.2, 0.25) is 0 Å². The number of rotatable bonds is 0. The topological polar surface area (TPSA) is 39.4 Å². The van der Waals surface area contributed by atoms with Crippen LogP contribution in [0.5, 0.6) is 0 Å². The first-order valence-corrected chi connectivity index (χ1v) is 0.428. The number of isocyanates is 1. The van der Waals surface area contributed by atoms with E-state index < -0.39 is 0 Å². The molecule has 0 saturated carbocycles. The van der Waals surface area contributed by atoms with Crippen molar-refractivity contribution in [2.45, 2.75) is 0 Å². The van der Waals surface area contributed by atoms with Crippen LogP contribution in [0.15, 0.2) is 0 Å². The molecular weight excluding hydrogens is 93.1 g/mol. The molecule has 0 rings (SSSR count). The zero-order valence-electron chi connectivity index (χ0n) is 3.36. The second-order valence-electron chi connectivity index (χ2n) is 0.0913. The molecule has 0 radical (unpaired) electrons. The molecule has 0 N–H and O–H groups in total. The summed E-state index contributed by atoms with van der Waals surface area (Å²) >= 11 is 0. The van der Waals surface area contributed by atoms with E-state index in [0.29, 0.717) is 6.08 Å². The molecule has 0 aromatic heterocycles. The van der Waals surface area contributed by atoms with Crippen LogP contribution in [-0.4, -0.2) is 6.08 Å². The fraction of sp³-hybridized carbons (Fsp3) is 0.